The van der Waals surface area contributed by atoms with Gasteiger partial charge in [0.1, 0.15) is 0 Å². The van der Waals surface area contributed by atoms with Gasteiger partial charge >= 0.3 is 0 Å². The molecule has 0 aliphatic carbocycles. The van der Waals surface area contributed by atoms with Crippen molar-refractivity contribution in [1.82, 2.24) is 19.6 Å². The molecule has 1 amide bonds. The molecule has 7 nitrogen and oxygen atoms in total. The van der Waals surface area contributed by atoms with Crippen molar-refractivity contribution in [3.63, 3.8) is 0 Å². The molecule has 132 valence electrons. The van der Waals surface area contributed by atoms with Crippen molar-refractivity contribution in [2.45, 2.75) is 20.3 Å². The molecule has 0 spiro atoms. The van der Waals surface area contributed by atoms with Gasteiger partial charge in [0.05, 0.1) is 16.6 Å². The van der Waals surface area contributed by atoms with E-state index in [1.54, 1.807) is 10.6 Å². The molecule has 4 aromatic rings. The van der Waals surface area contributed by atoms with Crippen molar-refractivity contribution < 1.29 is 4.79 Å². The van der Waals surface area contributed by atoms with Gasteiger partial charge in [-0.05, 0) is 32.0 Å². The molecule has 3 heterocycles. The first kappa shape index (κ1) is 16.7. The summed E-state index contributed by atoms with van der Waals surface area (Å²) in [6.45, 7) is 3.67. The van der Waals surface area contributed by atoms with Crippen molar-refractivity contribution in [2.75, 3.05) is 5.32 Å². The van der Waals surface area contributed by atoms with Crippen molar-refractivity contribution in [2.24, 2.45) is 0 Å². The van der Waals surface area contributed by atoms with Crippen molar-refractivity contribution in [3.8, 4) is 0 Å². The zero-order valence-corrected chi connectivity index (χ0v) is 15.5. The van der Waals surface area contributed by atoms with Gasteiger partial charge in [-0.2, -0.15) is 0 Å². The summed E-state index contributed by atoms with van der Waals surface area (Å²) in [4.78, 5) is 32.8. The quantitative estimate of drug-likeness (QED) is 0.565. The molecule has 0 unspecified atom stereocenters. The predicted octanol–water partition coefficient (Wildman–Crippen LogP) is 3.08. The van der Waals surface area contributed by atoms with Crippen LogP contribution in [0.25, 0.3) is 15.9 Å². The van der Waals surface area contributed by atoms with Crippen LogP contribution >= 0.6 is 22.9 Å². The van der Waals surface area contributed by atoms with Gasteiger partial charge in [0.15, 0.2) is 10.8 Å². The maximum absolute atomic E-state index is 12.5. The highest BCUT2D eigenvalue weighted by Gasteiger charge is 2.15. The highest BCUT2D eigenvalue weighted by atomic mass is 35.5. The summed E-state index contributed by atoms with van der Waals surface area (Å²) in [5.74, 6) is -0.197. The molecule has 4 rings (SSSR count). The van der Waals surface area contributed by atoms with Crippen LogP contribution in [0.4, 0.5) is 5.13 Å². The summed E-state index contributed by atoms with van der Waals surface area (Å²) in [5.41, 5.74) is 3.36. The van der Waals surface area contributed by atoms with Gasteiger partial charge in [-0.1, -0.05) is 22.9 Å². The van der Waals surface area contributed by atoms with Gasteiger partial charge in [0.2, 0.25) is 5.91 Å². The predicted molar refractivity (Wildman–Crippen MR) is 102 cm³/mol. The summed E-state index contributed by atoms with van der Waals surface area (Å²) in [6, 6.07) is 6.83. The Morgan fingerprint density at radius 2 is 2.12 bits per heavy atom. The number of fused-ring (bicyclic) bond motifs is 2. The van der Waals surface area contributed by atoms with Crippen molar-refractivity contribution >= 4 is 49.8 Å². The number of carbonyl (C=O) groups excluding carboxylic acids is 1. The second kappa shape index (κ2) is 6.22. The summed E-state index contributed by atoms with van der Waals surface area (Å²) in [5, 5.41) is 6.66. The largest absolute Gasteiger partial charge is 0.302 e. The summed E-state index contributed by atoms with van der Waals surface area (Å²) >= 11 is 7.35. The highest BCUT2D eigenvalue weighted by Crippen LogP contribution is 2.28. The van der Waals surface area contributed by atoms with Gasteiger partial charge < -0.3 is 5.32 Å². The topological polar surface area (TPSA) is 92.1 Å². The minimum absolute atomic E-state index is 0.136. The Morgan fingerprint density at radius 1 is 1.31 bits per heavy atom. The number of thiazole rings is 1. The third kappa shape index (κ3) is 2.97. The summed E-state index contributed by atoms with van der Waals surface area (Å²) in [7, 11) is 0. The van der Waals surface area contributed by atoms with Gasteiger partial charge in [0.25, 0.3) is 5.56 Å². The van der Waals surface area contributed by atoms with E-state index in [1.807, 2.05) is 26.0 Å². The van der Waals surface area contributed by atoms with E-state index in [2.05, 4.69) is 20.4 Å². The number of rotatable bonds is 3. The van der Waals surface area contributed by atoms with Gasteiger partial charge in [-0.25, -0.2) is 14.5 Å². The molecule has 0 fully saturated rings. The van der Waals surface area contributed by atoms with Crippen LogP contribution in [0.3, 0.4) is 0 Å². The van der Waals surface area contributed by atoms with Crippen LogP contribution in [0.2, 0.25) is 5.02 Å². The number of hydrogen-bond acceptors (Lipinski definition) is 5. The number of aromatic amines is 1. The number of amides is 1. The monoisotopic (exact) mass is 387 g/mol. The number of benzene rings is 1. The van der Waals surface area contributed by atoms with Crippen LogP contribution in [0, 0.1) is 13.8 Å². The smallest absolute Gasteiger partial charge is 0.266 e. The minimum Gasteiger partial charge on any atom is -0.302 e. The molecule has 1 aromatic carbocycles. The number of carbonyl (C=O) groups is 1. The Hall–Kier alpha value is -2.71. The third-order valence-corrected chi connectivity index (χ3v) is 5.31. The molecule has 0 aliphatic heterocycles. The van der Waals surface area contributed by atoms with Crippen LogP contribution in [0.15, 0.2) is 29.1 Å². The van der Waals surface area contributed by atoms with Crippen molar-refractivity contribution in [1.29, 1.82) is 0 Å². The highest BCUT2D eigenvalue weighted by molar-refractivity contribution is 7.22. The average Bonchev–Trinajstić information content (AvgIpc) is 3.13. The van der Waals surface area contributed by atoms with E-state index in [1.165, 1.54) is 17.4 Å². The zero-order chi connectivity index (χ0) is 18.4. The lowest BCUT2D eigenvalue weighted by atomic mass is 10.1. The molecule has 0 saturated heterocycles. The van der Waals surface area contributed by atoms with Crippen LogP contribution in [0.5, 0.6) is 0 Å². The van der Waals surface area contributed by atoms with E-state index in [4.69, 9.17) is 11.6 Å². The molecule has 3 aromatic heterocycles. The Labute approximate surface area is 156 Å². The SMILES string of the molecule is Cc1nc2cc(=O)[nH]n2c(C)c1CC(=O)Nc1nc2ccc(Cl)cc2s1. The number of nitrogens with zero attached hydrogens (tertiary/aromatic N) is 3. The van der Waals surface area contributed by atoms with Crippen LogP contribution in [-0.2, 0) is 11.2 Å². The first-order valence-corrected chi connectivity index (χ1v) is 9.04. The molecule has 9 heteroatoms. The number of hydrogen-bond donors (Lipinski definition) is 2. The molecular weight excluding hydrogens is 374 g/mol. The van der Waals surface area contributed by atoms with E-state index in [0.717, 1.165) is 21.5 Å². The zero-order valence-electron chi connectivity index (χ0n) is 14.0. The molecular formula is C17H14ClN5O2S. The van der Waals surface area contributed by atoms with E-state index in [-0.39, 0.29) is 17.9 Å². The van der Waals surface area contributed by atoms with Crippen molar-refractivity contribution in [3.05, 3.63) is 56.6 Å². The second-order valence-corrected chi connectivity index (χ2v) is 7.40. The second-order valence-electron chi connectivity index (χ2n) is 5.93. The lowest BCUT2D eigenvalue weighted by Crippen LogP contribution is -2.17. The minimum atomic E-state index is -0.227. The maximum Gasteiger partial charge on any atom is 0.266 e. The fraction of sp³-hybridized carbons (Fsp3) is 0.176. The average molecular weight is 388 g/mol. The molecule has 26 heavy (non-hydrogen) atoms. The van der Waals surface area contributed by atoms with Crippen LogP contribution in [0.1, 0.15) is 17.0 Å². The third-order valence-electron chi connectivity index (χ3n) is 4.14. The van der Waals surface area contributed by atoms with E-state index < -0.39 is 0 Å². The lowest BCUT2D eigenvalue weighted by Gasteiger charge is -2.10. The van der Waals surface area contributed by atoms with Crippen LogP contribution < -0.4 is 10.9 Å². The number of anilines is 1. The maximum atomic E-state index is 12.5. The first-order chi connectivity index (χ1) is 12.4. The van der Waals surface area contributed by atoms with E-state index in [0.29, 0.717) is 21.5 Å². The molecule has 0 aliphatic rings. The number of aromatic nitrogens is 4. The standard InChI is InChI=1S/C17H14ClN5O2S/c1-8-11(9(2)23-14(19-8)7-16(25)22-23)6-15(24)21-17-20-12-4-3-10(18)5-13(12)26-17/h3-5,7H,6H2,1-2H3,(H,22,25)(H,20,21,24). The molecule has 0 atom stereocenters. The fourth-order valence-electron chi connectivity index (χ4n) is 2.89. The molecule has 0 bridgehead atoms. The first-order valence-electron chi connectivity index (χ1n) is 7.84. The van der Waals surface area contributed by atoms with Gasteiger partial charge in [0, 0.05) is 28.0 Å². The Morgan fingerprint density at radius 3 is 2.92 bits per heavy atom. The van der Waals surface area contributed by atoms with Gasteiger partial charge in [-0.15, -0.1) is 0 Å². The number of aryl methyl sites for hydroxylation is 2. The Balaban J connectivity index is 1.61. The molecule has 0 radical (unpaired) electrons. The van der Waals surface area contributed by atoms with Gasteiger partial charge in [-0.3, -0.25) is 14.7 Å². The van der Waals surface area contributed by atoms with Crippen LogP contribution in [-0.4, -0.2) is 25.5 Å². The fourth-order valence-corrected chi connectivity index (χ4v) is 4.05. The molecule has 2 N–H and O–H groups in total. The Bertz CT molecular complexity index is 1220. The lowest BCUT2D eigenvalue weighted by molar-refractivity contribution is -0.115. The van der Waals surface area contributed by atoms with E-state index in [9.17, 15) is 9.59 Å². The van der Waals surface area contributed by atoms with E-state index >= 15 is 0 Å². The normalized spacial score (nSPS) is 11.3. The summed E-state index contributed by atoms with van der Waals surface area (Å²) < 4.78 is 2.51. The number of nitrogens with one attached hydrogen (secondary N) is 2. The summed E-state index contributed by atoms with van der Waals surface area (Å²) in [6.07, 6.45) is 0.136. The number of halogens is 1. The number of H-pyrrole nitrogens is 1. The Kier molecular flexibility index (Phi) is 4.01. The molecule has 0 saturated carbocycles.